The molecule has 2 rings (SSSR count). The summed E-state index contributed by atoms with van der Waals surface area (Å²) in [5.74, 6) is -1.19. The molecular formula is C22H22BrCl2N3O5. The van der Waals surface area contributed by atoms with Crippen LogP contribution in [0.2, 0.25) is 10.0 Å². The molecule has 0 aliphatic carbocycles. The molecule has 0 heterocycles. The molecule has 0 radical (unpaired) electrons. The van der Waals surface area contributed by atoms with Crippen LogP contribution in [0.5, 0.6) is 5.75 Å². The van der Waals surface area contributed by atoms with Crippen LogP contribution in [0.1, 0.15) is 29.8 Å². The summed E-state index contributed by atoms with van der Waals surface area (Å²) >= 11 is 15.2. The first kappa shape index (κ1) is 26.6. The van der Waals surface area contributed by atoms with E-state index in [1.54, 1.807) is 32.0 Å². The van der Waals surface area contributed by atoms with Crippen molar-refractivity contribution in [2.24, 2.45) is 11.0 Å². The predicted octanol–water partition coefficient (Wildman–Crippen LogP) is 4.21. The third-order valence-electron chi connectivity index (χ3n) is 4.34. The van der Waals surface area contributed by atoms with Crippen molar-refractivity contribution in [3.05, 3.63) is 62.0 Å². The Bertz CT molecular complexity index is 1060. The molecule has 0 fully saturated rings. The number of carbonyl (C=O) groups excluding carboxylic acids is 3. The van der Waals surface area contributed by atoms with Crippen LogP contribution in [-0.2, 0) is 14.3 Å². The zero-order valence-corrected chi connectivity index (χ0v) is 21.1. The Morgan fingerprint density at radius 1 is 1.12 bits per heavy atom. The lowest BCUT2D eigenvalue weighted by Crippen LogP contribution is -2.48. The summed E-state index contributed by atoms with van der Waals surface area (Å²) in [6.45, 7) is 3.38. The highest BCUT2D eigenvalue weighted by atomic mass is 79.9. The van der Waals surface area contributed by atoms with Crippen molar-refractivity contribution in [1.82, 2.24) is 10.7 Å². The van der Waals surface area contributed by atoms with Crippen LogP contribution in [0.15, 0.2) is 46.0 Å². The van der Waals surface area contributed by atoms with Gasteiger partial charge in [-0.2, -0.15) is 5.10 Å². The quantitative estimate of drug-likeness (QED) is 0.272. The molecule has 0 saturated carbocycles. The largest absolute Gasteiger partial charge is 0.481 e. The van der Waals surface area contributed by atoms with Crippen LogP contribution in [0.3, 0.4) is 0 Å². The maximum absolute atomic E-state index is 12.6. The molecule has 0 bridgehead atoms. The van der Waals surface area contributed by atoms with Gasteiger partial charge in [-0.25, -0.2) is 10.2 Å². The molecule has 0 aromatic heterocycles. The molecule has 33 heavy (non-hydrogen) atoms. The van der Waals surface area contributed by atoms with Gasteiger partial charge < -0.3 is 14.8 Å². The van der Waals surface area contributed by atoms with Crippen LogP contribution in [0.25, 0.3) is 0 Å². The number of amides is 2. The molecule has 0 aliphatic rings. The summed E-state index contributed by atoms with van der Waals surface area (Å²) in [7, 11) is 1.27. The Balaban J connectivity index is 1.99. The van der Waals surface area contributed by atoms with Crippen LogP contribution in [-0.4, -0.2) is 43.8 Å². The number of halogens is 3. The van der Waals surface area contributed by atoms with Crippen molar-refractivity contribution in [3.8, 4) is 5.75 Å². The number of esters is 1. The van der Waals surface area contributed by atoms with Gasteiger partial charge in [-0.15, -0.1) is 0 Å². The molecule has 2 aromatic rings. The van der Waals surface area contributed by atoms with E-state index in [0.717, 1.165) is 0 Å². The van der Waals surface area contributed by atoms with Gasteiger partial charge in [0.2, 0.25) is 0 Å². The molecule has 1 unspecified atom stereocenters. The lowest BCUT2D eigenvalue weighted by atomic mass is 10.0. The number of carbonyl (C=O) groups is 3. The molecule has 2 aromatic carbocycles. The van der Waals surface area contributed by atoms with E-state index in [-0.39, 0.29) is 23.1 Å². The van der Waals surface area contributed by atoms with Crippen LogP contribution >= 0.6 is 39.1 Å². The highest BCUT2D eigenvalue weighted by Crippen LogP contribution is 2.25. The Morgan fingerprint density at radius 2 is 1.85 bits per heavy atom. The van der Waals surface area contributed by atoms with Crippen LogP contribution in [0, 0.1) is 5.92 Å². The highest BCUT2D eigenvalue weighted by Gasteiger charge is 2.24. The third kappa shape index (κ3) is 8.03. The fourth-order valence-corrected chi connectivity index (χ4v) is 3.36. The SMILES string of the molecule is COC(=O)COc1ccc(/C=N/NC(=O)C(NC(=O)c2ccc(Cl)c(Cl)c2)C(C)C)cc1Br. The second-order valence-electron chi connectivity index (χ2n) is 7.11. The summed E-state index contributed by atoms with van der Waals surface area (Å²) in [5, 5.41) is 7.21. The number of nitrogens with zero attached hydrogens (tertiary/aromatic N) is 1. The highest BCUT2D eigenvalue weighted by molar-refractivity contribution is 9.10. The molecule has 11 heteroatoms. The minimum absolute atomic E-state index is 0.202. The van der Waals surface area contributed by atoms with Gasteiger partial charge in [-0.1, -0.05) is 37.0 Å². The Labute approximate surface area is 209 Å². The van der Waals surface area contributed by atoms with Crippen molar-refractivity contribution in [2.45, 2.75) is 19.9 Å². The Kier molecular flexibility index (Phi) is 10.1. The number of benzene rings is 2. The second kappa shape index (κ2) is 12.6. The van der Waals surface area contributed by atoms with Crippen LogP contribution in [0.4, 0.5) is 0 Å². The van der Waals surface area contributed by atoms with Crippen molar-refractivity contribution in [2.75, 3.05) is 13.7 Å². The van der Waals surface area contributed by atoms with Crippen molar-refractivity contribution in [1.29, 1.82) is 0 Å². The molecule has 176 valence electrons. The molecule has 1 atom stereocenters. The van der Waals surface area contributed by atoms with Crippen LogP contribution < -0.4 is 15.5 Å². The first-order chi connectivity index (χ1) is 15.6. The smallest absolute Gasteiger partial charge is 0.343 e. The van der Waals surface area contributed by atoms with Gasteiger partial charge in [0.1, 0.15) is 11.8 Å². The van der Waals surface area contributed by atoms with E-state index in [1.165, 1.54) is 31.5 Å². The van der Waals surface area contributed by atoms with Gasteiger partial charge >= 0.3 is 5.97 Å². The molecular weight excluding hydrogens is 537 g/mol. The van der Waals surface area contributed by atoms with E-state index in [0.29, 0.717) is 20.8 Å². The van der Waals surface area contributed by atoms with E-state index in [4.69, 9.17) is 27.9 Å². The van der Waals surface area contributed by atoms with E-state index >= 15 is 0 Å². The van der Waals surface area contributed by atoms with Gasteiger partial charge in [-0.3, -0.25) is 9.59 Å². The monoisotopic (exact) mass is 557 g/mol. The van der Waals surface area contributed by atoms with E-state index in [2.05, 4.69) is 36.5 Å². The van der Waals surface area contributed by atoms with Gasteiger partial charge in [0.25, 0.3) is 11.8 Å². The Morgan fingerprint density at radius 3 is 2.45 bits per heavy atom. The maximum atomic E-state index is 12.6. The number of hydrazone groups is 1. The number of hydrogen-bond donors (Lipinski definition) is 2. The summed E-state index contributed by atoms with van der Waals surface area (Å²) in [5.41, 5.74) is 3.38. The lowest BCUT2D eigenvalue weighted by Gasteiger charge is -2.20. The topological polar surface area (TPSA) is 106 Å². The van der Waals surface area contributed by atoms with Crippen molar-refractivity contribution in [3.63, 3.8) is 0 Å². The fourth-order valence-electron chi connectivity index (χ4n) is 2.55. The molecule has 0 saturated heterocycles. The number of nitrogens with one attached hydrogen (secondary N) is 2. The first-order valence-electron chi connectivity index (χ1n) is 9.70. The van der Waals surface area contributed by atoms with Crippen molar-refractivity contribution < 1.29 is 23.9 Å². The standard InChI is InChI=1S/C22H22BrCl2N3O5/c1-12(2)20(27-21(30)14-5-6-16(24)17(25)9-14)22(31)28-26-10-13-4-7-18(15(23)8-13)33-11-19(29)32-3/h4-10,12,20H,11H2,1-3H3,(H,27,30)(H,28,31)/b26-10+. The van der Waals surface area contributed by atoms with Gasteiger partial charge in [0, 0.05) is 5.56 Å². The number of methoxy groups -OCH3 is 1. The normalized spacial score (nSPS) is 11.8. The molecule has 8 nitrogen and oxygen atoms in total. The van der Waals surface area contributed by atoms with Gasteiger partial charge in [0.05, 0.1) is 27.8 Å². The number of rotatable bonds is 9. The minimum atomic E-state index is -0.829. The van der Waals surface area contributed by atoms with Gasteiger partial charge in [-0.05, 0) is 63.8 Å². The van der Waals surface area contributed by atoms with Crippen molar-refractivity contribution >= 4 is 63.1 Å². The number of hydrogen-bond acceptors (Lipinski definition) is 6. The lowest BCUT2D eigenvalue weighted by molar-refractivity contribution is -0.142. The van der Waals surface area contributed by atoms with E-state index < -0.39 is 23.8 Å². The average molecular weight is 559 g/mol. The zero-order valence-electron chi connectivity index (χ0n) is 18.0. The fraction of sp³-hybridized carbons (Fsp3) is 0.273. The number of ether oxygens (including phenoxy) is 2. The molecule has 2 amide bonds. The third-order valence-corrected chi connectivity index (χ3v) is 5.69. The summed E-state index contributed by atoms with van der Waals surface area (Å²) in [6, 6.07) is 8.68. The predicted molar refractivity (Wildman–Crippen MR) is 130 cm³/mol. The maximum Gasteiger partial charge on any atom is 0.343 e. The molecule has 0 spiro atoms. The molecule has 0 aliphatic heterocycles. The first-order valence-corrected chi connectivity index (χ1v) is 11.2. The summed E-state index contributed by atoms with van der Waals surface area (Å²) in [6.07, 6.45) is 1.44. The second-order valence-corrected chi connectivity index (χ2v) is 8.78. The van der Waals surface area contributed by atoms with E-state index in [1.807, 2.05) is 0 Å². The molecule has 2 N–H and O–H groups in total. The average Bonchev–Trinajstić information content (AvgIpc) is 2.77. The van der Waals surface area contributed by atoms with Gasteiger partial charge in [0.15, 0.2) is 6.61 Å². The minimum Gasteiger partial charge on any atom is -0.481 e. The zero-order chi connectivity index (χ0) is 24.5. The Hall–Kier alpha value is -2.62. The summed E-state index contributed by atoms with van der Waals surface area (Å²) in [4.78, 5) is 36.3. The van der Waals surface area contributed by atoms with E-state index in [9.17, 15) is 14.4 Å². The summed E-state index contributed by atoms with van der Waals surface area (Å²) < 4.78 is 10.5.